The van der Waals surface area contributed by atoms with Gasteiger partial charge in [-0.1, -0.05) is 258 Å². The fourth-order valence-corrected chi connectivity index (χ4v) is 13.2. The normalized spacial score (nSPS) is 11.2. The van der Waals surface area contributed by atoms with Gasteiger partial charge in [-0.15, -0.1) is 0 Å². The van der Waals surface area contributed by atoms with Crippen LogP contribution in [0.25, 0.3) is 144 Å². The van der Waals surface area contributed by atoms with E-state index >= 15 is 0 Å². The topological polar surface area (TPSA) is 107 Å². The third-order valence-corrected chi connectivity index (χ3v) is 18.2. The second kappa shape index (κ2) is 29.5. The number of hydrogen-bond donors (Lipinski definition) is 1. The molecule has 0 fully saturated rings. The number of pyridine rings is 6. The number of halogens is 1. The van der Waals surface area contributed by atoms with E-state index in [1.807, 2.05) is 73.7 Å². The summed E-state index contributed by atoms with van der Waals surface area (Å²) in [7, 11) is 0.694. The SMILES string of the molecule is Cc1cc(C(C)C)c2ccc3ccc(-c4cccc(-c5cccc(-c6cc(-c7ccccc7)cc(-c7ccccc7)n6)c5)c4)nc3c2n1.Cc1cc(C(C)C)c2ccc3ccc(Cl)nc3c2n1.O[B]Oc1cccc(-c2cccc(-c3cc(-c4ccccc4)cc(-c4ccccc4)n3)c2)c1. The Kier molecular flexibility index (Phi) is 19.4. The Labute approximate surface area is 589 Å². The summed E-state index contributed by atoms with van der Waals surface area (Å²) >= 11 is 6.02. The van der Waals surface area contributed by atoms with Crippen LogP contribution in [0.4, 0.5) is 0 Å². The maximum absolute atomic E-state index is 8.96. The standard InChI is InChI=1S/C45H35N3.C29H21BNO2.C16H15ClN2/c1-29(2)40-24-30(3)46-45-39(40)22-20-33-21-23-41(48-44(33)45)36-18-10-16-34(25-36)35-17-11-19-37(26-35)43-28-38(31-12-6-4-7-13-31)27-42(47-43)32-14-8-5-9-15-32;32-30-33-27-16-8-14-24(18-27)23-13-7-15-25(17-23)29-20-26(21-9-3-1-4-10-21)19-28(31-29)22-11-5-2-6-12-22;1-9(2)13-8-10(3)18-16-12(13)6-4-11-5-7-14(17)19-15(11)16/h4-29H,1-3H3;1-20,32H;4-9H,1-3H3. The van der Waals surface area contributed by atoms with Gasteiger partial charge in [0, 0.05) is 60.8 Å². The average molecular weight is 1310 g/mol. The van der Waals surface area contributed by atoms with E-state index in [0.717, 1.165) is 139 Å². The molecule has 0 aliphatic rings. The van der Waals surface area contributed by atoms with Crippen molar-refractivity contribution in [2.24, 2.45) is 0 Å². The van der Waals surface area contributed by atoms with Gasteiger partial charge in [0.05, 0.1) is 50.5 Å². The van der Waals surface area contributed by atoms with Gasteiger partial charge >= 0.3 is 7.69 Å². The van der Waals surface area contributed by atoms with Gasteiger partial charge in [-0.2, -0.15) is 0 Å². The van der Waals surface area contributed by atoms with Crippen LogP contribution in [0.15, 0.2) is 303 Å². The first-order valence-corrected chi connectivity index (χ1v) is 34.1. The number of rotatable bonds is 13. The van der Waals surface area contributed by atoms with E-state index in [1.54, 1.807) is 6.07 Å². The van der Waals surface area contributed by atoms with Crippen molar-refractivity contribution in [1.29, 1.82) is 0 Å². The molecule has 0 aliphatic carbocycles. The second-order valence-corrected chi connectivity index (χ2v) is 26.0. The fourth-order valence-electron chi connectivity index (χ4n) is 13.0. The first-order valence-electron chi connectivity index (χ1n) is 33.7. The summed E-state index contributed by atoms with van der Waals surface area (Å²) in [5.41, 5.74) is 27.4. The van der Waals surface area contributed by atoms with Gasteiger partial charge in [0.15, 0.2) is 0 Å². The Morgan fingerprint density at radius 2 is 0.640 bits per heavy atom. The lowest BCUT2D eigenvalue weighted by Gasteiger charge is -2.13. The zero-order chi connectivity index (χ0) is 68.6. The Morgan fingerprint density at radius 1 is 0.290 bits per heavy atom. The number of benzene rings is 10. The van der Waals surface area contributed by atoms with Gasteiger partial charge in [-0.3, -0.25) is 9.97 Å². The Bertz CT molecular complexity index is 5510. The van der Waals surface area contributed by atoms with E-state index in [9.17, 15) is 0 Å². The average Bonchev–Trinajstić information content (AvgIpc) is 0.773. The summed E-state index contributed by atoms with van der Waals surface area (Å²) in [6.07, 6.45) is 0. The van der Waals surface area contributed by atoms with Gasteiger partial charge in [0.2, 0.25) is 0 Å². The highest BCUT2D eigenvalue weighted by Gasteiger charge is 2.17. The molecule has 16 aromatic rings. The summed E-state index contributed by atoms with van der Waals surface area (Å²) in [5.74, 6) is 1.44. The van der Waals surface area contributed by atoms with E-state index in [-0.39, 0.29) is 0 Å². The van der Waals surface area contributed by atoms with Crippen LogP contribution in [0.5, 0.6) is 5.75 Å². The number of hydrogen-bond acceptors (Lipinski definition) is 8. The molecular weight excluding hydrogens is 1240 g/mol. The molecule has 0 atom stereocenters. The quantitative estimate of drug-likeness (QED) is 0.0691. The molecule has 10 heteroatoms. The number of aryl methyl sites for hydroxylation is 2. The van der Waals surface area contributed by atoms with Gasteiger partial charge in [0.1, 0.15) is 10.9 Å². The monoisotopic (exact) mass is 1310 g/mol. The van der Waals surface area contributed by atoms with Gasteiger partial charge in [-0.25, -0.2) is 19.9 Å². The molecule has 1 radical (unpaired) electrons. The minimum Gasteiger partial charge on any atom is -0.537 e. The Hall–Kier alpha value is -11.7. The molecule has 0 amide bonds. The number of fused-ring (bicyclic) bond motifs is 6. The van der Waals surface area contributed by atoms with E-state index < -0.39 is 0 Å². The molecule has 8 nitrogen and oxygen atoms in total. The Morgan fingerprint density at radius 3 is 1.07 bits per heavy atom. The van der Waals surface area contributed by atoms with Gasteiger partial charge < -0.3 is 9.68 Å². The van der Waals surface area contributed by atoms with E-state index in [1.165, 1.54) is 27.5 Å². The largest absolute Gasteiger partial charge is 0.569 e. The predicted octanol–water partition coefficient (Wildman–Crippen LogP) is 23.5. The smallest absolute Gasteiger partial charge is 0.537 e. The lowest BCUT2D eigenvalue weighted by molar-refractivity contribution is 0.454. The van der Waals surface area contributed by atoms with Crippen molar-refractivity contribution in [2.45, 2.75) is 53.4 Å². The molecule has 10 aromatic carbocycles. The maximum atomic E-state index is 8.96. The van der Waals surface area contributed by atoms with Crippen LogP contribution >= 0.6 is 11.6 Å². The highest BCUT2D eigenvalue weighted by atomic mass is 35.5. The summed E-state index contributed by atoms with van der Waals surface area (Å²) in [4.78, 5) is 29.5. The van der Waals surface area contributed by atoms with Crippen LogP contribution in [-0.2, 0) is 0 Å². The molecule has 0 unspecified atom stereocenters. The molecule has 6 aromatic heterocycles. The number of nitrogens with zero attached hydrogens (tertiary/aromatic N) is 6. The van der Waals surface area contributed by atoms with Crippen LogP contribution in [0.3, 0.4) is 0 Å². The summed E-state index contributed by atoms with van der Waals surface area (Å²) < 4.78 is 5.13. The molecule has 100 heavy (non-hydrogen) atoms. The highest BCUT2D eigenvalue weighted by molar-refractivity contribution is 6.30. The summed E-state index contributed by atoms with van der Waals surface area (Å²) in [6, 6.07) is 105. The van der Waals surface area contributed by atoms with Crippen LogP contribution in [0.2, 0.25) is 5.15 Å². The van der Waals surface area contributed by atoms with E-state index in [0.29, 0.717) is 30.4 Å². The predicted molar refractivity (Wildman–Crippen MR) is 416 cm³/mol. The van der Waals surface area contributed by atoms with Crippen LogP contribution < -0.4 is 4.65 Å². The highest BCUT2D eigenvalue weighted by Crippen LogP contribution is 2.38. The molecule has 0 saturated heterocycles. The van der Waals surface area contributed by atoms with Gasteiger partial charge in [0.25, 0.3) is 0 Å². The van der Waals surface area contributed by atoms with E-state index in [4.69, 9.17) is 41.2 Å². The molecule has 0 saturated carbocycles. The molecule has 16 rings (SSSR count). The lowest BCUT2D eigenvalue weighted by atomic mass is 9.96. The zero-order valence-corrected chi connectivity index (χ0v) is 57.3. The molecule has 1 N–H and O–H groups in total. The van der Waals surface area contributed by atoms with Crippen molar-refractivity contribution in [3.63, 3.8) is 0 Å². The third-order valence-electron chi connectivity index (χ3n) is 18.0. The van der Waals surface area contributed by atoms with Crippen molar-refractivity contribution in [2.75, 3.05) is 0 Å². The fraction of sp³-hybridized carbons (Fsp3) is 0.0889. The first-order chi connectivity index (χ1) is 48.9. The third kappa shape index (κ3) is 14.6. The molecule has 0 bridgehead atoms. The molecule has 0 aliphatic heterocycles. The van der Waals surface area contributed by atoms with Crippen molar-refractivity contribution >= 4 is 62.9 Å². The van der Waals surface area contributed by atoms with Crippen LogP contribution in [-0.4, -0.2) is 42.6 Å². The summed E-state index contributed by atoms with van der Waals surface area (Å²) in [6.45, 7) is 13.0. The van der Waals surface area contributed by atoms with Gasteiger partial charge in [-0.05, 0) is 166 Å². The lowest BCUT2D eigenvalue weighted by Crippen LogP contribution is -1.99. The molecule has 6 heterocycles. The second-order valence-electron chi connectivity index (χ2n) is 25.6. The number of aromatic nitrogens is 6. The van der Waals surface area contributed by atoms with Crippen molar-refractivity contribution in [3.8, 4) is 107 Å². The van der Waals surface area contributed by atoms with Crippen molar-refractivity contribution < 1.29 is 9.68 Å². The maximum Gasteiger partial charge on any atom is 0.569 e. The van der Waals surface area contributed by atoms with E-state index in [2.05, 4.69) is 275 Å². The van der Waals surface area contributed by atoms with Crippen LogP contribution in [0, 0.1) is 13.8 Å². The molecule has 0 spiro atoms. The van der Waals surface area contributed by atoms with Crippen LogP contribution in [0.1, 0.15) is 62.0 Å². The Balaban J connectivity index is 0.000000141. The minimum absolute atomic E-state index is 0.406. The first kappa shape index (κ1) is 65.5. The zero-order valence-electron chi connectivity index (χ0n) is 56.5. The summed E-state index contributed by atoms with van der Waals surface area (Å²) in [5, 5.41) is 14.0. The van der Waals surface area contributed by atoms with Crippen molar-refractivity contribution in [3.05, 3.63) is 331 Å². The molecular formula is C90H71BClN6O2. The minimum atomic E-state index is 0.406. The van der Waals surface area contributed by atoms with Crippen molar-refractivity contribution in [1.82, 2.24) is 29.9 Å². The molecule has 483 valence electrons.